The summed E-state index contributed by atoms with van der Waals surface area (Å²) in [5.74, 6) is 1.46. The predicted octanol–water partition coefficient (Wildman–Crippen LogP) is 1.10. The lowest BCUT2D eigenvalue weighted by atomic mass is 10.4. The molecule has 1 aliphatic rings. The molecule has 0 saturated heterocycles. The summed E-state index contributed by atoms with van der Waals surface area (Å²) in [6.07, 6.45) is 2.58. The van der Waals surface area contributed by atoms with Crippen LogP contribution < -0.4 is 10.5 Å². The molecule has 0 amide bonds. The molecule has 1 aromatic heterocycles. The van der Waals surface area contributed by atoms with Gasteiger partial charge in [-0.3, -0.25) is 0 Å². The Morgan fingerprint density at radius 2 is 2.31 bits per heavy atom. The second kappa shape index (κ2) is 2.94. The lowest BCUT2D eigenvalue weighted by molar-refractivity contribution is 0.276. The fraction of sp³-hybridized carbons (Fsp3) is 0.667. The number of aromatic nitrogens is 2. The molecule has 0 atom stereocenters. The van der Waals surface area contributed by atoms with Crippen LogP contribution in [0.1, 0.15) is 18.5 Å². The highest BCUT2D eigenvalue weighted by Gasteiger charge is 2.23. The SMILES string of the molecule is Cc1nn(C)c(OCC2CC2)c1N. The lowest BCUT2D eigenvalue weighted by Gasteiger charge is -2.05. The topological polar surface area (TPSA) is 53.1 Å². The van der Waals surface area contributed by atoms with E-state index in [0.29, 0.717) is 11.6 Å². The highest BCUT2D eigenvalue weighted by Crippen LogP contribution is 2.31. The molecule has 1 aromatic rings. The van der Waals surface area contributed by atoms with Crippen LogP contribution in [-0.4, -0.2) is 16.4 Å². The molecule has 1 fully saturated rings. The van der Waals surface area contributed by atoms with E-state index in [1.807, 2.05) is 14.0 Å². The highest BCUT2D eigenvalue weighted by atomic mass is 16.5. The summed E-state index contributed by atoms with van der Waals surface area (Å²) >= 11 is 0. The first-order chi connectivity index (χ1) is 6.18. The third kappa shape index (κ3) is 1.61. The summed E-state index contributed by atoms with van der Waals surface area (Å²) in [5.41, 5.74) is 7.31. The second-order valence-electron chi connectivity index (χ2n) is 3.68. The van der Waals surface area contributed by atoms with E-state index < -0.39 is 0 Å². The van der Waals surface area contributed by atoms with Gasteiger partial charge in [-0.2, -0.15) is 5.10 Å². The summed E-state index contributed by atoms with van der Waals surface area (Å²) in [7, 11) is 1.85. The van der Waals surface area contributed by atoms with E-state index in [9.17, 15) is 0 Å². The summed E-state index contributed by atoms with van der Waals surface area (Å²) in [4.78, 5) is 0. The zero-order valence-corrected chi connectivity index (χ0v) is 8.08. The maximum atomic E-state index is 5.80. The molecular weight excluding hydrogens is 166 g/mol. The van der Waals surface area contributed by atoms with E-state index in [1.165, 1.54) is 12.8 Å². The molecule has 1 aliphatic carbocycles. The Kier molecular flexibility index (Phi) is 1.90. The van der Waals surface area contributed by atoms with Crippen LogP contribution in [-0.2, 0) is 7.05 Å². The van der Waals surface area contributed by atoms with E-state index in [0.717, 1.165) is 18.2 Å². The second-order valence-corrected chi connectivity index (χ2v) is 3.68. The monoisotopic (exact) mass is 181 g/mol. The molecule has 0 spiro atoms. The third-order valence-corrected chi connectivity index (χ3v) is 2.37. The molecule has 1 saturated carbocycles. The van der Waals surface area contributed by atoms with Crippen molar-refractivity contribution in [3.63, 3.8) is 0 Å². The van der Waals surface area contributed by atoms with Crippen molar-refractivity contribution < 1.29 is 4.74 Å². The first-order valence-corrected chi connectivity index (χ1v) is 4.60. The molecule has 4 nitrogen and oxygen atoms in total. The molecule has 13 heavy (non-hydrogen) atoms. The number of aryl methyl sites for hydroxylation is 2. The zero-order chi connectivity index (χ0) is 9.42. The van der Waals surface area contributed by atoms with Gasteiger partial charge < -0.3 is 10.5 Å². The van der Waals surface area contributed by atoms with Gasteiger partial charge in [0.2, 0.25) is 5.88 Å². The number of hydrogen-bond donors (Lipinski definition) is 1. The first-order valence-electron chi connectivity index (χ1n) is 4.60. The van der Waals surface area contributed by atoms with Gasteiger partial charge in [-0.15, -0.1) is 0 Å². The van der Waals surface area contributed by atoms with Crippen molar-refractivity contribution in [3.05, 3.63) is 5.69 Å². The Labute approximate surface area is 77.7 Å². The van der Waals surface area contributed by atoms with Gasteiger partial charge in [0, 0.05) is 7.05 Å². The van der Waals surface area contributed by atoms with Crippen molar-refractivity contribution in [3.8, 4) is 5.88 Å². The van der Waals surface area contributed by atoms with Crippen LogP contribution in [0.3, 0.4) is 0 Å². The van der Waals surface area contributed by atoms with Crippen LogP contribution in [0.15, 0.2) is 0 Å². The quantitative estimate of drug-likeness (QED) is 0.759. The standard InChI is InChI=1S/C9H15N3O/c1-6-8(10)9(12(2)11-6)13-5-7-3-4-7/h7H,3-5,10H2,1-2H3. The molecule has 4 heteroatoms. The molecule has 0 radical (unpaired) electrons. The number of ether oxygens (including phenoxy) is 1. The first kappa shape index (κ1) is 8.41. The van der Waals surface area contributed by atoms with Gasteiger partial charge in [0.15, 0.2) is 0 Å². The maximum Gasteiger partial charge on any atom is 0.235 e. The molecule has 1 heterocycles. The minimum atomic E-state index is 0.670. The van der Waals surface area contributed by atoms with E-state index >= 15 is 0 Å². The van der Waals surface area contributed by atoms with E-state index in [4.69, 9.17) is 10.5 Å². The normalized spacial score (nSPS) is 16.2. The number of nitrogens with two attached hydrogens (primary N) is 1. The fourth-order valence-electron chi connectivity index (χ4n) is 1.31. The number of anilines is 1. The van der Waals surface area contributed by atoms with Crippen molar-refractivity contribution in [2.75, 3.05) is 12.3 Å². The van der Waals surface area contributed by atoms with Gasteiger partial charge in [0.1, 0.15) is 5.69 Å². The molecule has 0 aliphatic heterocycles. The Balaban J connectivity index is 2.08. The predicted molar refractivity (Wildman–Crippen MR) is 50.6 cm³/mol. The lowest BCUT2D eigenvalue weighted by Crippen LogP contribution is -2.05. The third-order valence-electron chi connectivity index (χ3n) is 2.37. The van der Waals surface area contributed by atoms with E-state index in [2.05, 4.69) is 5.10 Å². The molecule has 2 N–H and O–H groups in total. The summed E-state index contributed by atoms with van der Waals surface area (Å²) in [6.45, 7) is 2.67. The molecule has 0 aromatic carbocycles. The largest absolute Gasteiger partial charge is 0.476 e. The van der Waals surface area contributed by atoms with Crippen molar-refractivity contribution in [2.24, 2.45) is 13.0 Å². The van der Waals surface area contributed by atoms with Gasteiger partial charge >= 0.3 is 0 Å². The molecular formula is C9H15N3O. The van der Waals surface area contributed by atoms with Crippen molar-refractivity contribution in [1.82, 2.24) is 9.78 Å². The highest BCUT2D eigenvalue weighted by molar-refractivity contribution is 5.52. The Hall–Kier alpha value is -1.19. The van der Waals surface area contributed by atoms with Crippen molar-refractivity contribution in [2.45, 2.75) is 19.8 Å². The summed E-state index contributed by atoms with van der Waals surface area (Å²) < 4.78 is 7.29. The van der Waals surface area contributed by atoms with Crippen molar-refractivity contribution >= 4 is 5.69 Å². The Morgan fingerprint density at radius 3 is 2.77 bits per heavy atom. The average Bonchev–Trinajstić information content (AvgIpc) is 2.84. The van der Waals surface area contributed by atoms with Crippen LogP contribution in [0.4, 0.5) is 5.69 Å². The fourth-order valence-corrected chi connectivity index (χ4v) is 1.31. The number of hydrogen-bond acceptors (Lipinski definition) is 3. The van der Waals surface area contributed by atoms with E-state index in [1.54, 1.807) is 4.68 Å². The minimum absolute atomic E-state index is 0.670. The zero-order valence-electron chi connectivity index (χ0n) is 8.08. The van der Waals surface area contributed by atoms with Crippen LogP contribution in [0.25, 0.3) is 0 Å². The van der Waals surface area contributed by atoms with E-state index in [-0.39, 0.29) is 0 Å². The van der Waals surface area contributed by atoms with Gasteiger partial charge in [0.05, 0.1) is 12.3 Å². The number of nitrogen functional groups attached to an aromatic ring is 1. The summed E-state index contributed by atoms with van der Waals surface area (Å²) in [5, 5.41) is 4.18. The van der Waals surface area contributed by atoms with Crippen LogP contribution in [0.2, 0.25) is 0 Å². The average molecular weight is 181 g/mol. The Bertz CT molecular complexity index is 315. The van der Waals surface area contributed by atoms with Gasteiger partial charge in [-0.25, -0.2) is 4.68 Å². The van der Waals surface area contributed by atoms with Gasteiger partial charge in [-0.1, -0.05) is 0 Å². The Morgan fingerprint density at radius 1 is 1.62 bits per heavy atom. The van der Waals surface area contributed by atoms with Crippen LogP contribution in [0.5, 0.6) is 5.88 Å². The molecule has 0 unspecified atom stereocenters. The molecule has 2 rings (SSSR count). The summed E-state index contributed by atoms with van der Waals surface area (Å²) in [6, 6.07) is 0. The maximum absolute atomic E-state index is 5.80. The van der Waals surface area contributed by atoms with Crippen molar-refractivity contribution in [1.29, 1.82) is 0 Å². The van der Waals surface area contributed by atoms with Gasteiger partial charge in [-0.05, 0) is 25.7 Å². The molecule has 0 bridgehead atoms. The molecule has 72 valence electrons. The smallest absolute Gasteiger partial charge is 0.235 e. The number of rotatable bonds is 3. The van der Waals surface area contributed by atoms with Gasteiger partial charge in [0.25, 0.3) is 0 Å². The van der Waals surface area contributed by atoms with Crippen LogP contribution >= 0.6 is 0 Å². The minimum Gasteiger partial charge on any atom is -0.476 e. The number of nitrogens with zero attached hydrogens (tertiary/aromatic N) is 2. The van der Waals surface area contributed by atoms with Crippen LogP contribution in [0, 0.1) is 12.8 Å².